The fraction of sp³-hybridized carbons (Fsp3) is 0.462. The van der Waals surface area contributed by atoms with E-state index in [4.69, 9.17) is 10.5 Å². The first-order valence-corrected chi connectivity index (χ1v) is 6.00. The highest BCUT2D eigenvalue weighted by Crippen LogP contribution is 2.32. The molecule has 2 rings (SSSR count). The van der Waals surface area contributed by atoms with Gasteiger partial charge >= 0.3 is 0 Å². The molecule has 4 nitrogen and oxygen atoms in total. The highest BCUT2D eigenvalue weighted by atomic mass is 16.5. The van der Waals surface area contributed by atoms with Crippen LogP contribution in [0.15, 0.2) is 24.3 Å². The van der Waals surface area contributed by atoms with Gasteiger partial charge in [-0.1, -0.05) is 0 Å². The molecule has 0 atom stereocenters. The van der Waals surface area contributed by atoms with Gasteiger partial charge in [0.15, 0.2) is 0 Å². The molecule has 1 aromatic carbocycles. The molecule has 0 spiro atoms. The standard InChI is InChI=1S/C13H18N2O2/c14-7-8-17-12-5-3-11(4-6-12)15-13(16)9-10-1-2-10/h3-6,10H,1-2,7-9,14H2,(H,15,16). The predicted octanol–water partition coefficient (Wildman–Crippen LogP) is 1.76. The molecule has 0 bridgehead atoms. The molecule has 1 saturated carbocycles. The lowest BCUT2D eigenvalue weighted by Crippen LogP contribution is -2.12. The molecule has 1 aliphatic carbocycles. The molecule has 0 unspecified atom stereocenters. The fourth-order valence-corrected chi connectivity index (χ4v) is 1.61. The van der Waals surface area contributed by atoms with Crippen molar-refractivity contribution in [3.63, 3.8) is 0 Å². The Balaban J connectivity index is 1.81. The molecule has 0 radical (unpaired) electrons. The average Bonchev–Trinajstić information content (AvgIpc) is 3.12. The smallest absolute Gasteiger partial charge is 0.224 e. The van der Waals surface area contributed by atoms with Crippen molar-refractivity contribution < 1.29 is 9.53 Å². The quantitative estimate of drug-likeness (QED) is 0.788. The second-order valence-corrected chi connectivity index (χ2v) is 4.36. The third kappa shape index (κ3) is 4.07. The Bertz CT molecular complexity index is 372. The maximum atomic E-state index is 11.6. The number of amides is 1. The largest absolute Gasteiger partial charge is 0.492 e. The third-order valence-corrected chi connectivity index (χ3v) is 2.70. The summed E-state index contributed by atoms with van der Waals surface area (Å²) in [5.74, 6) is 1.49. The van der Waals surface area contributed by atoms with Crippen molar-refractivity contribution in [3.05, 3.63) is 24.3 Å². The van der Waals surface area contributed by atoms with Crippen molar-refractivity contribution in [1.29, 1.82) is 0 Å². The Kier molecular flexibility index (Phi) is 3.98. The first kappa shape index (κ1) is 11.9. The van der Waals surface area contributed by atoms with E-state index in [2.05, 4.69) is 5.32 Å². The van der Waals surface area contributed by atoms with Gasteiger partial charge in [-0.25, -0.2) is 0 Å². The minimum Gasteiger partial charge on any atom is -0.492 e. The van der Waals surface area contributed by atoms with Crippen LogP contribution in [0.3, 0.4) is 0 Å². The number of rotatable bonds is 6. The summed E-state index contributed by atoms with van der Waals surface area (Å²) in [6, 6.07) is 7.36. The van der Waals surface area contributed by atoms with E-state index in [1.807, 2.05) is 24.3 Å². The molecule has 1 fully saturated rings. The van der Waals surface area contributed by atoms with Crippen LogP contribution in [-0.2, 0) is 4.79 Å². The topological polar surface area (TPSA) is 64.3 Å². The van der Waals surface area contributed by atoms with E-state index in [0.29, 0.717) is 25.5 Å². The van der Waals surface area contributed by atoms with Crippen molar-refractivity contribution in [3.8, 4) is 5.75 Å². The van der Waals surface area contributed by atoms with Gasteiger partial charge in [-0.2, -0.15) is 0 Å². The second-order valence-electron chi connectivity index (χ2n) is 4.36. The van der Waals surface area contributed by atoms with Crippen LogP contribution in [0.5, 0.6) is 5.75 Å². The van der Waals surface area contributed by atoms with E-state index in [-0.39, 0.29) is 5.91 Å². The van der Waals surface area contributed by atoms with Gasteiger partial charge in [-0.05, 0) is 43.0 Å². The Morgan fingerprint density at radius 1 is 1.35 bits per heavy atom. The van der Waals surface area contributed by atoms with Gasteiger partial charge in [-0.15, -0.1) is 0 Å². The lowest BCUT2D eigenvalue weighted by atomic mass is 10.2. The Hall–Kier alpha value is -1.55. The molecule has 0 heterocycles. The van der Waals surface area contributed by atoms with Crippen molar-refractivity contribution in [2.24, 2.45) is 11.7 Å². The third-order valence-electron chi connectivity index (χ3n) is 2.70. The molecule has 4 heteroatoms. The molecule has 17 heavy (non-hydrogen) atoms. The summed E-state index contributed by atoms with van der Waals surface area (Å²) in [4.78, 5) is 11.6. The van der Waals surface area contributed by atoms with Gasteiger partial charge in [0.25, 0.3) is 0 Å². The first-order valence-electron chi connectivity index (χ1n) is 6.00. The molecular formula is C13H18N2O2. The normalized spacial score (nSPS) is 14.4. The number of hydrogen-bond donors (Lipinski definition) is 2. The molecule has 1 amide bonds. The highest BCUT2D eigenvalue weighted by Gasteiger charge is 2.24. The molecule has 1 aliphatic rings. The Labute approximate surface area is 101 Å². The molecule has 92 valence electrons. The zero-order valence-electron chi connectivity index (χ0n) is 9.82. The number of nitrogens with one attached hydrogen (secondary N) is 1. The first-order chi connectivity index (χ1) is 8.28. The number of nitrogens with two attached hydrogens (primary N) is 1. The maximum Gasteiger partial charge on any atom is 0.224 e. The lowest BCUT2D eigenvalue weighted by Gasteiger charge is -2.07. The van der Waals surface area contributed by atoms with Crippen LogP contribution < -0.4 is 15.8 Å². The highest BCUT2D eigenvalue weighted by molar-refractivity contribution is 5.91. The zero-order chi connectivity index (χ0) is 12.1. The molecule has 1 aromatic rings. The minimum absolute atomic E-state index is 0.100. The van der Waals surface area contributed by atoms with Gasteiger partial charge < -0.3 is 15.8 Å². The van der Waals surface area contributed by atoms with Gasteiger partial charge in [0.2, 0.25) is 5.91 Å². The summed E-state index contributed by atoms with van der Waals surface area (Å²) in [7, 11) is 0. The molecular weight excluding hydrogens is 216 g/mol. The second kappa shape index (κ2) is 5.68. The Morgan fingerprint density at radius 2 is 2.06 bits per heavy atom. The van der Waals surface area contributed by atoms with Crippen LogP contribution in [0.4, 0.5) is 5.69 Å². The van der Waals surface area contributed by atoms with E-state index in [9.17, 15) is 4.79 Å². The summed E-state index contributed by atoms with van der Waals surface area (Å²) < 4.78 is 5.35. The predicted molar refractivity (Wildman–Crippen MR) is 67.0 cm³/mol. The molecule has 0 saturated heterocycles. The lowest BCUT2D eigenvalue weighted by molar-refractivity contribution is -0.116. The van der Waals surface area contributed by atoms with Crippen LogP contribution in [0.25, 0.3) is 0 Å². The van der Waals surface area contributed by atoms with Crippen LogP contribution in [0.1, 0.15) is 19.3 Å². The van der Waals surface area contributed by atoms with Crippen molar-refractivity contribution in [2.45, 2.75) is 19.3 Å². The summed E-state index contributed by atoms with van der Waals surface area (Å²) in [6.07, 6.45) is 3.03. The van der Waals surface area contributed by atoms with E-state index in [1.54, 1.807) is 0 Å². The summed E-state index contributed by atoms with van der Waals surface area (Å²) in [5.41, 5.74) is 6.16. The Morgan fingerprint density at radius 3 is 2.65 bits per heavy atom. The van der Waals surface area contributed by atoms with Crippen LogP contribution in [-0.4, -0.2) is 19.1 Å². The number of hydrogen-bond acceptors (Lipinski definition) is 3. The van der Waals surface area contributed by atoms with Crippen molar-refractivity contribution >= 4 is 11.6 Å². The van der Waals surface area contributed by atoms with E-state index < -0.39 is 0 Å². The zero-order valence-corrected chi connectivity index (χ0v) is 9.82. The SMILES string of the molecule is NCCOc1ccc(NC(=O)CC2CC2)cc1. The number of anilines is 1. The summed E-state index contributed by atoms with van der Waals surface area (Å²) in [6.45, 7) is 1.01. The number of carbonyl (C=O) groups excluding carboxylic acids is 1. The molecule has 3 N–H and O–H groups in total. The van der Waals surface area contributed by atoms with E-state index in [1.165, 1.54) is 12.8 Å². The number of carbonyl (C=O) groups is 1. The minimum atomic E-state index is 0.100. The van der Waals surface area contributed by atoms with Gasteiger partial charge in [0.1, 0.15) is 12.4 Å². The van der Waals surface area contributed by atoms with Gasteiger partial charge in [-0.3, -0.25) is 4.79 Å². The number of ether oxygens (including phenoxy) is 1. The fourth-order valence-electron chi connectivity index (χ4n) is 1.61. The van der Waals surface area contributed by atoms with Crippen molar-refractivity contribution in [1.82, 2.24) is 0 Å². The van der Waals surface area contributed by atoms with Gasteiger partial charge in [0.05, 0.1) is 0 Å². The monoisotopic (exact) mass is 234 g/mol. The van der Waals surface area contributed by atoms with Gasteiger partial charge in [0, 0.05) is 18.7 Å². The average molecular weight is 234 g/mol. The number of benzene rings is 1. The summed E-state index contributed by atoms with van der Waals surface area (Å²) >= 11 is 0. The van der Waals surface area contributed by atoms with Crippen LogP contribution in [0.2, 0.25) is 0 Å². The van der Waals surface area contributed by atoms with E-state index in [0.717, 1.165) is 11.4 Å². The van der Waals surface area contributed by atoms with E-state index >= 15 is 0 Å². The molecule has 0 aromatic heterocycles. The van der Waals surface area contributed by atoms with Crippen molar-refractivity contribution in [2.75, 3.05) is 18.5 Å². The van der Waals surface area contributed by atoms with Crippen LogP contribution >= 0.6 is 0 Å². The molecule has 0 aliphatic heterocycles. The van der Waals surface area contributed by atoms with Crippen LogP contribution in [0, 0.1) is 5.92 Å². The maximum absolute atomic E-state index is 11.6. The summed E-state index contributed by atoms with van der Waals surface area (Å²) in [5, 5.41) is 2.88.